The predicted molar refractivity (Wildman–Crippen MR) is 115 cm³/mol. The molecule has 1 amide bonds. The normalized spacial score (nSPS) is 24.5. The molecule has 4 heterocycles. The number of amides is 1. The number of fused-ring (bicyclic) bond motifs is 1. The van der Waals surface area contributed by atoms with Crippen molar-refractivity contribution in [2.24, 2.45) is 0 Å². The van der Waals surface area contributed by atoms with Crippen LogP contribution in [0.1, 0.15) is 15.9 Å². The second kappa shape index (κ2) is 8.73. The lowest BCUT2D eigenvalue weighted by molar-refractivity contribution is -0.137. The lowest BCUT2D eigenvalue weighted by Gasteiger charge is -2.18. The van der Waals surface area contributed by atoms with Gasteiger partial charge in [-0.15, -0.1) is 11.3 Å². The maximum absolute atomic E-state index is 12.7. The molecule has 2 aliphatic heterocycles. The van der Waals surface area contributed by atoms with Gasteiger partial charge in [-0.05, 0) is 41.8 Å². The van der Waals surface area contributed by atoms with E-state index in [0.29, 0.717) is 12.6 Å². The monoisotopic (exact) mass is 476 g/mol. The molecular weight excluding hydrogens is 457 g/mol. The number of hydrogen-bond donors (Lipinski definition) is 2. The van der Waals surface area contributed by atoms with Crippen LogP contribution in [0.15, 0.2) is 54.0 Å². The first-order chi connectivity index (χ1) is 15.9. The van der Waals surface area contributed by atoms with Crippen molar-refractivity contribution in [3.05, 3.63) is 65.2 Å². The summed E-state index contributed by atoms with van der Waals surface area (Å²) >= 11 is 1.59. The van der Waals surface area contributed by atoms with Crippen LogP contribution >= 0.6 is 11.3 Å². The predicted octanol–water partition coefficient (Wildman–Crippen LogP) is 3.60. The smallest absolute Gasteiger partial charge is 0.371 e. The molecule has 0 radical (unpaired) electrons. The summed E-state index contributed by atoms with van der Waals surface area (Å²) in [5.41, 5.74) is 0.145. The minimum absolute atomic E-state index is 0.137. The molecule has 33 heavy (non-hydrogen) atoms. The Morgan fingerprint density at radius 2 is 1.76 bits per heavy atom. The number of carbonyl (C=O) groups excluding carboxylic acids is 1. The van der Waals surface area contributed by atoms with Gasteiger partial charge < -0.3 is 20.1 Å². The van der Waals surface area contributed by atoms with E-state index in [2.05, 4.69) is 20.6 Å². The molecule has 2 aromatic heterocycles. The Balaban J connectivity index is 1.21. The molecule has 2 aliphatic rings. The SMILES string of the molecule is O=C(N[C@H]1CO[C@H]2[C@H]1OC[C@H]2Nc1nccc(-c2cccs2)n1)c1ccc(C(F)(F)F)cc1. The van der Waals surface area contributed by atoms with Crippen molar-refractivity contribution in [2.75, 3.05) is 18.5 Å². The van der Waals surface area contributed by atoms with Crippen molar-refractivity contribution in [2.45, 2.75) is 30.5 Å². The van der Waals surface area contributed by atoms with Crippen molar-refractivity contribution >= 4 is 23.2 Å². The number of carbonyl (C=O) groups is 1. The van der Waals surface area contributed by atoms with Crippen LogP contribution in [0.3, 0.4) is 0 Å². The topological polar surface area (TPSA) is 85.4 Å². The average Bonchev–Trinajstić information content (AvgIpc) is 3.54. The fraction of sp³-hybridized carbons (Fsp3) is 0.318. The molecule has 2 N–H and O–H groups in total. The van der Waals surface area contributed by atoms with Crippen LogP contribution in [0, 0.1) is 0 Å². The quantitative estimate of drug-likeness (QED) is 0.586. The van der Waals surface area contributed by atoms with Crippen LogP contribution in [-0.2, 0) is 15.7 Å². The fourth-order valence-corrected chi connectivity index (χ4v) is 4.66. The Morgan fingerprint density at radius 3 is 2.45 bits per heavy atom. The lowest BCUT2D eigenvalue weighted by Crippen LogP contribution is -2.44. The third-order valence-electron chi connectivity index (χ3n) is 5.59. The zero-order chi connectivity index (χ0) is 23.0. The van der Waals surface area contributed by atoms with E-state index in [1.807, 2.05) is 23.6 Å². The number of nitrogens with one attached hydrogen (secondary N) is 2. The van der Waals surface area contributed by atoms with Crippen LogP contribution in [-0.4, -0.2) is 53.4 Å². The van der Waals surface area contributed by atoms with E-state index in [9.17, 15) is 18.0 Å². The Hall–Kier alpha value is -3.02. The molecule has 3 aromatic rings. The van der Waals surface area contributed by atoms with Crippen molar-refractivity contribution in [3.8, 4) is 10.6 Å². The number of benzene rings is 1. The number of halogens is 3. The first kappa shape index (κ1) is 21.8. The Labute approximate surface area is 191 Å². The number of nitrogens with zero attached hydrogens (tertiary/aromatic N) is 2. The Bertz CT molecular complexity index is 1120. The van der Waals surface area contributed by atoms with Crippen LogP contribution in [0.4, 0.5) is 19.1 Å². The summed E-state index contributed by atoms with van der Waals surface area (Å²) in [7, 11) is 0. The molecule has 7 nitrogen and oxygen atoms in total. The summed E-state index contributed by atoms with van der Waals surface area (Å²) in [5.74, 6) is -0.0269. The zero-order valence-corrected chi connectivity index (χ0v) is 17.9. The van der Waals surface area contributed by atoms with Crippen LogP contribution in [0.25, 0.3) is 10.6 Å². The van der Waals surface area contributed by atoms with Crippen molar-refractivity contribution in [1.82, 2.24) is 15.3 Å². The molecule has 2 saturated heterocycles. The summed E-state index contributed by atoms with van der Waals surface area (Å²) in [6.45, 7) is 0.574. The van der Waals surface area contributed by atoms with Crippen molar-refractivity contribution in [1.29, 1.82) is 0 Å². The summed E-state index contributed by atoms with van der Waals surface area (Å²) in [5, 5.41) is 8.04. The van der Waals surface area contributed by atoms with Gasteiger partial charge in [0.25, 0.3) is 5.91 Å². The highest BCUT2D eigenvalue weighted by molar-refractivity contribution is 7.13. The molecule has 2 fully saturated rings. The van der Waals surface area contributed by atoms with E-state index in [-0.39, 0.29) is 30.4 Å². The van der Waals surface area contributed by atoms with Gasteiger partial charge >= 0.3 is 6.18 Å². The van der Waals surface area contributed by atoms with E-state index in [4.69, 9.17) is 9.47 Å². The van der Waals surface area contributed by atoms with Gasteiger partial charge in [-0.1, -0.05) is 6.07 Å². The number of rotatable bonds is 5. The number of thiophene rings is 1. The maximum atomic E-state index is 12.7. The summed E-state index contributed by atoms with van der Waals surface area (Å²) in [6, 6.07) is 9.23. The van der Waals surface area contributed by atoms with Crippen LogP contribution < -0.4 is 10.6 Å². The molecule has 0 bridgehead atoms. The highest BCUT2D eigenvalue weighted by atomic mass is 32.1. The highest BCUT2D eigenvalue weighted by Crippen LogP contribution is 2.31. The number of hydrogen-bond acceptors (Lipinski definition) is 7. The van der Waals surface area contributed by atoms with Gasteiger partial charge in [0.2, 0.25) is 5.95 Å². The van der Waals surface area contributed by atoms with Crippen molar-refractivity contribution in [3.63, 3.8) is 0 Å². The minimum atomic E-state index is -4.45. The zero-order valence-electron chi connectivity index (χ0n) is 17.1. The summed E-state index contributed by atoms with van der Waals surface area (Å²) in [6.07, 6.45) is -3.48. The van der Waals surface area contributed by atoms with Gasteiger partial charge in [0.1, 0.15) is 12.2 Å². The van der Waals surface area contributed by atoms with E-state index < -0.39 is 23.7 Å². The number of anilines is 1. The van der Waals surface area contributed by atoms with E-state index >= 15 is 0 Å². The van der Waals surface area contributed by atoms with Crippen LogP contribution in [0.2, 0.25) is 0 Å². The van der Waals surface area contributed by atoms with Crippen molar-refractivity contribution < 1.29 is 27.4 Å². The maximum Gasteiger partial charge on any atom is 0.416 e. The van der Waals surface area contributed by atoms with Gasteiger partial charge in [0.05, 0.1) is 41.4 Å². The van der Waals surface area contributed by atoms with Crippen LogP contribution in [0.5, 0.6) is 0 Å². The van der Waals surface area contributed by atoms with E-state index in [0.717, 1.165) is 34.8 Å². The standard InChI is InChI=1S/C22H19F3N4O3S/c23-22(24,25)13-5-3-12(4-6-13)20(30)27-15-10-31-19-16(11-32-18(15)19)29-21-26-8-7-14(28-21)17-2-1-9-33-17/h1-9,15-16,18-19H,10-11H2,(H,27,30)(H,26,28,29)/t15-,16+,18-,19+/m0/s1. The summed E-state index contributed by atoms with van der Waals surface area (Å²) in [4.78, 5) is 22.4. The molecule has 0 unspecified atom stereocenters. The van der Waals surface area contributed by atoms with Gasteiger partial charge in [0, 0.05) is 11.8 Å². The lowest BCUT2D eigenvalue weighted by atomic mass is 10.1. The molecule has 11 heteroatoms. The first-order valence-corrected chi connectivity index (χ1v) is 11.1. The van der Waals surface area contributed by atoms with Gasteiger partial charge in [-0.25, -0.2) is 9.97 Å². The second-order valence-electron chi connectivity index (χ2n) is 7.74. The van der Waals surface area contributed by atoms with Gasteiger partial charge in [-0.3, -0.25) is 4.79 Å². The highest BCUT2D eigenvalue weighted by Gasteiger charge is 2.48. The first-order valence-electron chi connectivity index (χ1n) is 10.2. The molecule has 5 rings (SSSR count). The van der Waals surface area contributed by atoms with E-state index in [1.54, 1.807) is 17.5 Å². The second-order valence-corrected chi connectivity index (χ2v) is 8.69. The van der Waals surface area contributed by atoms with E-state index in [1.165, 1.54) is 0 Å². The summed E-state index contributed by atoms with van der Waals surface area (Å²) < 4.78 is 49.9. The Kier molecular flexibility index (Phi) is 5.77. The molecule has 0 aliphatic carbocycles. The van der Waals surface area contributed by atoms with Gasteiger partial charge in [0.15, 0.2) is 0 Å². The van der Waals surface area contributed by atoms with Gasteiger partial charge in [-0.2, -0.15) is 13.2 Å². The number of alkyl halides is 3. The average molecular weight is 476 g/mol. The molecule has 0 spiro atoms. The fourth-order valence-electron chi connectivity index (χ4n) is 3.96. The molecular formula is C22H19F3N4O3S. The molecule has 0 saturated carbocycles. The molecule has 1 aromatic carbocycles. The third kappa shape index (κ3) is 4.56. The minimum Gasteiger partial charge on any atom is -0.371 e. The number of ether oxygens (including phenoxy) is 2. The largest absolute Gasteiger partial charge is 0.416 e. The number of aromatic nitrogens is 2. The molecule has 172 valence electrons. The third-order valence-corrected chi connectivity index (χ3v) is 6.48. The Morgan fingerprint density at radius 1 is 1.03 bits per heavy atom. The molecule has 4 atom stereocenters.